The molecule has 0 aromatic heterocycles. The largest absolute Gasteiger partial charge is 0.480 e. The highest BCUT2D eigenvalue weighted by Crippen LogP contribution is 2.08. The second-order valence-corrected chi connectivity index (χ2v) is 9.95. The zero-order valence-corrected chi connectivity index (χ0v) is 22.1. The Morgan fingerprint density at radius 3 is 1.69 bits per heavy atom. The predicted octanol–water partition coefficient (Wildman–Crippen LogP) is -1.25. The van der Waals surface area contributed by atoms with Crippen molar-refractivity contribution in [2.24, 2.45) is 17.2 Å². The normalized spacial score (nSPS) is 14.3. The zero-order valence-electron chi connectivity index (χ0n) is 20.4. The maximum absolute atomic E-state index is 13.0. The van der Waals surface area contributed by atoms with Crippen molar-refractivity contribution in [2.45, 2.75) is 69.1 Å². The van der Waals surface area contributed by atoms with Crippen molar-refractivity contribution < 1.29 is 29.1 Å². The van der Waals surface area contributed by atoms with Crippen LogP contribution in [0.5, 0.6) is 0 Å². The first-order valence-corrected chi connectivity index (χ1v) is 14.2. The molecule has 0 bridgehead atoms. The van der Waals surface area contributed by atoms with Crippen LogP contribution in [0.15, 0.2) is 0 Å². The Morgan fingerprint density at radius 2 is 1.26 bits per heavy atom. The van der Waals surface area contributed by atoms with Crippen LogP contribution in [0.25, 0.3) is 0 Å². The van der Waals surface area contributed by atoms with E-state index in [0.717, 1.165) is 0 Å². The molecule has 35 heavy (non-hydrogen) atoms. The van der Waals surface area contributed by atoms with E-state index in [0.29, 0.717) is 30.9 Å². The number of carboxylic acids is 1. The van der Waals surface area contributed by atoms with Crippen LogP contribution in [-0.2, 0) is 24.0 Å². The number of hydrogen-bond donors (Lipinski definition) is 7. The molecular formula is C21H40N6O6S2. The van der Waals surface area contributed by atoms with Gasteiger partial charge in [0, 0.05) is 6.42 Å². The maximum atomic E-state index is 13.0. The van der Waals surface area contributed by atoms with Gasteiger partial charge in [0.15, 0.2) is 0 Å². The number of unbranched alkanes of at least 4 members (excludes halogenated alkanes) is 1. The maximum Gasteiger partial charge on any atom is 0.326 e. The third-order valence-electron chi connectivity index (χ3n) is 5.09. The van der Waals surface area contributed by atoms with Crippen molar-refractivity contribution in [3.05, 3.63) is 0 Å². The minimum Gasteiger partial charge on any atom is -0.480 e. The van der Waals surface area contributed by atoms with Crippen molar-refractivity contribution in [1.82, 2.24) is 16.0 Å². The molecule has 14 heteroatoms. The number of rotatable bonds is 20. The minimum absolute atomic E-state index is 0.0392. The summed E-state index contributed by atoms with van der Waals surface area (Å²) in [5, 5.41) is 17.2. The molecule has 0 aliphatic rings. The summed E-state index contributed by atoms with van der Waals surface area (Å²) in [5.41, 5.74) is 16.3. The van der Waals surface area contributed by atoms with Gasteiger partial charge in [-0.2, -0.15) is 23.5 Å². The number of carbonyl (C=O) groups is 5. The van der Waals surface area contributed by atoms with Gasteiger partial charge < -0.3 is 38.3 Å². The van der Waals surface area contributed by atoms with Gasteiger partial charge >= 0.3 is 5.97 Å². The average Bonchev–Trinajstić information content (AvgIpc) is 2.81. The lowest BCUT2D eigenvalue weighted by Gasteiger charge is -2.25. The van der Waals surface area contributed by atoms with Crippen molar-refractivity contribution in [2.75, 3.05) is 30.6 Å². The first-order chi connectivity index (χ1) is 16.6. The third kappa shape index (κ3) is 14.9. The lowest BCUT2D eigenvalue weighted by atomic mass is 10.1. The number of nitrogens with two attached hydrogens (primary N) is 3. The van der Waals surface area contributed by atoms with E-state index in [4.69, 9.17) is 17.2 Å². The molecule has 12 nitrogen and oxygen atoms in total. The Balaban J connectivity index is 5.35. The SMILES string of the molecule is CSCCC(NC(=O)C(N)CCC(N)=O)C(=O)NC(CCSC)C(=O)NC(CCCCN)C(=O)O. The first kappa shape index (κ1) is 33.0. The van der Waals surface area contributed by atoms with Crippen LogP contribution in [0.4, 0.5) is 0 Å². The molecule has 0 heterocycles. The Hall–Kier alpha value is -2.03. The summed E-state index contributed by atoms with van der Waals surface area (Å²) in [7, 11) is 0. The molecule has 0 fully saturated rings. The van der Waals surface area contributed by atoms with Gasteiger partial charge in [-0.25, -0.2) is 4.79 Å². The molecule has 0 aromatic carbocycles. The number of carbonyl (C=O) groups excluding carboxylic acids is 4. The number of nitrogens with one attached hydrogen (secondary N) is 3. The summed E-state index contributed by atoms with van der Waals surface area (Å²) in [5.74, 6) is -2.45. The van der Waals surface area contributed by atoms with E-state index in [1.54, 1.807) is 0 Å². The minimum atomic E-state index is -1.17. The van der Waals surface area contributed by atoms with Crippen LogP contribution in [0.2, 0.25) is 0 Å². The molecule has 0 aliphatic heterocycles. The van der Waals surface area contributed by atoms with Crippen LogP contribution in [0.3, 0.4) is 0 Å². The van der Waals surface area contributed by atoms with Gasteiger partial charge in [0.05, 0.1) is 6.04 Å². The number of amides is 4. The third-order valence-corrected chi connectivity index (χ3v) is 6.38. The van der Waals surface area contributed by atoms with E-state index in [1.807, 2.05) is 12.5 Å². The predicted molar refractivity (Wildman–Crippen MR) is 139 cm³/mol. The Labute approximate surface area is 215 Å². The summed E-state index contributed by atoms with van der Waals surface area (Å²) in [4.78, 5) is 60.8. The Bertz CT molecular complexity index is 699. The molecule has 10 N–H and O–H groups in total. The second-order valence-electron chi connectivity index (χ2n) is 7.98. The van der Waals surface area contributed by atoms with Crippen molar-refractivity contribution in [3.63, 3.8) is 0 Å². The van der Waals surface area contributed by atoms with E-state index in [1.165, 1.54) is 23.5 Å². The van der Waals surface area contributed by atoms with Crippen molar-refractivity contribution in [1.29, 1.82) is 0 Å². The van der Waals surface area contributed by atoms with Crippen LogP contribution >= 0.6 is 23.5 Å². The van der Waals surface area contributed by atoms with E-state index < -0.39 is 53.8 Å². The van der Waals surface area contributed by atoms with Gasteiger partial charge in [0.25, 0.3) is 0 Å². The molecule has 0 rings (SSSR count). The second kappa shape index (κ2) is 19.2. The number of aliphatic carboxylic acids is 1. The fourth-order valence-electron chi connectivity index (χ4n) is 3.01. The summed E-state index contributed by atoms with van der Waals surface area (Å²) in [6, 6.07) is -4.06. The number of primary amides is 1. The molecular weight excluding hydrogens is 496 g/mol. The number of hydrogen-bond acceptors (Lipinski definition) is 9. The smallest absolute Gasteiger partial charge is 0.326 e. The van der Waals surface area contributed by atoms with Crippen LogP contribution in [0.1, 0.15) is 44.9 Å². The van der Waals surface area contributed by atoms with Gasteiger partial charge in [0.1, 0.15) is 18.1 Å². The van der Waals surface area contributed by atoms with Crippen LogP contribution in [-0.4, -0.2) is 89.4 Å². The molecule has 202 valence electrons. The molecule has 0 saturated carbocycles. The summed E-state index contributed by atoms with van der Waals surface area (Å²) in [6.07, 6.45) is 5.61. The van der Waals surface area contributed by atoms with Crippen molar-refractivity contribution >= 4 is 53.1 Å². The lowest BCUT2D eigenvalue weighted by molar-refractivity contribution is -0.142. The summed E-state index contributed by atoms with van der Waals surface area (Å²) in [6.45, 7) is 0.419. The topological polar surface area (TPSA) is 220 Å². The van der Waals surface area contributed by atoms with E-state index in [9.17, 15) is 29.1 Å². The molecule has 4 amide bonds. The van der Waals surface area contributed by atoms with Gasteiger partial charge in [-0.05, 0) is 69.1 Å². The zero-order chi connectivity index (χ0) is 26.8. The number of carboxylic acid groups (broad SMARTS) is 1. The van der Waals surface area contributed by atoms with Crippen LogP contribution < -0.4 is 33.2 Å². The van der Waals surface area contributed by atoms with E-state index >= 15 is 0 Å². The molecule has 0 saturated heterocycles. The molecule has 4 atom stereocenters. The monoisotopic (exact) mass is 536 g/mol. The van der Waals surface area contributed by atoms with Gasteiger partial charge in [-0.15, -0.1) is 0 Å². The average molecular weight is 537 g/mol. The van der Waals surface area contributed by atoms with E-state index in [-0.39, 0.29) is 32.1 Å². The highest BCUT2D eigenvalue weighted by Gasteiger charge is 2.30. The quantitative estimate of drug-likeness (QED) is 0.0916. The Kier molecular flexibility index (Phi) is 18.1. The highest BCUT2D eigenvalue weighted by atomic mass is 32.2. The fraction of sp³-hybridized carbons (Fsp3) is 0.762. The van der Waals surface area contributed by atoms with Crippen LogP contribution in [0, 0.1) is 0 Å². The number of thioether (sulfide) groups is 2. The highest BCUT2D eigenvalue weighted by molar-refractivity contribution is 7.98. The van der Waals surface area contributed by atoms with Crippen molar-refractivity contribution in [3.8, 4) is 0 Å². The molecule has 0 aliphatic carbocycles. The molecule has 0 spiro atoms. The fourth-order valence-corrected chi connectivity index (χ4v) is 3.95. The van der Waals surface area contributed by atoms with E-state index in [2.05, 4.69) is 16.0 Å². The molecule has 4 unspecified atom stereocenters. The standard InChI is InChI=1S/C21H40N6O6S2/c1-34-11-8-14(25-18(29)13(23)6-7-17(24)28)19(30)26-15(9-12-35-2)20(31)27-16(21(32)33)5-3-4-10-22/h13-16H,3-12,22-23H2,1-2H3,(H2,24,28)(H,25,29)(H,26,30)(H,27,31)(H,32,33). The van der Waals surface area contributed by atoms with Gasteiger partial charge in [-0.1, -0.05) is 0 Å². The van der Waals surface area contributed by atoms with Gasteiger partial charge in [-0.3, -0.25) is 19.2 Å². The van der Waals surface area contributed by atoms with Gasteiger partial charge in [0.2, 0.25) is 23.6 Å². The Morgan fingerprint density at radius 1 is 0.771 bits per heavy atom. The first-order valence-electron chi connectivity index (χ1n) is 11.4. The summed E-state index contributed by atoms with van der Waals surface area (Å²) >= 11 is 2.95. The molecule has 0 aromatic rings. The molecule has 0 radical (unpaired) electrons. The lowest BCUT2D eigenvalue weighted by Crippen LogP contribution is -2.57. The summed E-state index contributed by atoms with van der Waals surface area (Å²) < 4.78 is 0.